The third-order valence-electron chi connectivity index (χ3n) is 4.76. The molecule has 0 saturated heterocycles. The Morgan fingerprint density at radius 1 is 1.39 bits per heavy atom. The summed E-state index contributed by atoms with van der Waals surface area (Å²) in [4.78, 5) is 25.3. The van der Waals surface area contributed by atoms with Crippen molar-refractivity contribution in [1.82, 2.24) is 24.2 Å². The first-order valence-electron chi connectivity index (χ1n) is 10.5. The molecule has 0 unspecified atom stereocenters. The van der Waals surface area contributed by atoms with Gasteiger partial charge < -0.3 is 10.3 Å². The number of nitrogen functional groups attached to an aromatic ring is 1. The minimum Gasteiger partial charge on any atom is -0.382 e. The van der Waals surface area contributed by atoms with Gasteiger partial charge in [-0.2, -0.15) is 0 Å². The molecule has 0 amide bonds. The first kappa shape index (κ1) is 25.8. The maximum Gasteiger partial charge on any atom is 0.211 e. The molecule has 0 aliphatic heterocycles. The molecule has 2 aromatic heterocycles. The van der Waals surface area contributed by atoms with Crippen LogP contribution in [-0.2, 0) is 21.4 Å². The highest BCUT2D eigenvalue weighted by molar-refractivity contribution is 14.1. The Bertz CT molecular complexity index is 1230. The first-order chi connectivity index (χ1) is 15.6. The van der Waals surface area contributed by atoms with Gasteiger partial charge in [0.05, 0.1) is 5.75 Å². The number of carbonyl (C=O) groups is 1. The number of imidazole rings is 1. The third kappa shape index (κ3) is 7.11. The molecular weight excluding hydrogens is 575 g/mol. The number of aryl methyl sites for hydroxylation is 1. The molecule has 3 N–H and O–H groups in total. The van der Waals surface area contributed by atoms with Crippen molar-refractivity contribution in [2.24, 2.45) is 5.92 Å². The number of allylic oxidation sites excluding steroid dienone is 4. The van der Waals surface area contributed by atoms with Crippen molar-refractivity contribution in [1.29, 1.82) is 0 Å². The number of halogens is 1. The number of anilines is 1. The number of hydrogen-bond donors (Lipinski definition) is 2. The van der Waals surface area contributed by atoms with Crippen LogP contribution >= 0.6 is 34.4 Å². The van der Waals surface area contributed by atoms with Crippen molar-refractivity contribution in [3.63, 3.8) is 0 Å². The van der Waals surface area contributed by atoms with Crippen molar-refractivity contribution >= 4 is 67.1 Å². The minimum atomic E-state index is -3.30. The molecule has 3 rings (SSSR count). The summed E-state index contributed by atoms with van der Waals surface area (Å²) in [6, 6.07) is 0. The second-order valence-electron chi connectivity index (χ2n) is 8.10. The van der Waals surface area contributed by atoms with E-state index < -0.39 is 10.0 Å². The van der Waals surface area contributed by atoms with Gasteiger partial charge >= 0.3 is 0 Å². The van der Waals surface area contributed by atoms with Crippen LogP contribution in [0.1, 0.15) is 33.1 Å². The van der Waals surface area contributed by atoms with Crippen LogP contribution in [-0.4, -0.2) is 46.0 Å². The molecule has 2 heterocycles. The third-order valence-corrected chi connectivity index (χ3v) is 8.80. The van der Waals surface area contributed by atoms with Gasteiger partial charge in [-0.1, -0.05) is 32.2 Å². The van der Waals surface area contributed by atoms with Crippen LogP contribution in [0.5, 0.6) is 0 Å². The van der Waals surface area contributed by atoms with Gasteiger partial charge in [-0.25, -0.2) is 28.1 Å². The van der Waals surface area contributed by atoms with Gasteiger partial charge in [0, 0.05) is 28.0 Å². The van der Waals surface area contributed by atoms with E-state index in [1.807, 2.05) is 24.5 Å². The predicted octanol–water partition coefficient (Wildman–Crippen LogP) is 3.59. The molecule has 2 aromatic rings. The number of ketones is 1. The molecule has 0 bridgehead atoms. The van der Waals surface area contributed by atoms with Crippen LogP contribution in [0, 0.1) is 5.92 Å². The summed E-state index contributed by atoms with van der Waals surface area (Å²) in [5.74, 6) is 0.577. The van der Waals surface area contributed by atoms with Crippen molar-refractivity contribution in [2.45, 2.75) is 44.8 Å². The highest BCUT2D eigenvalue weighted by atomic mass is 127. The van der Waals surface area contributed by atoms with Crippen molar-refractivity contribution < 1.29 is 13.2 Å². The smallest absolute Gasteiger partial charge is 0.211 e. The predicted molar refractivity (Wildman–Crippen MR) is 140 cm³/mol. The molecule has 33 heavy (non-hydrogen) atoms. The number of fused-ring (bicyclic) bond motifs is 1. The normalized spacial score (nSPS) is 15.0. The summed E-state index contributed by atoms with van der Waals surface area (Å²) >= 11 is 3.58. The summed E-state index contributed by atoms with van der Waals surface area (Å²) in [6.45, 7) is 8.70. The molecule has 1 aliphatic rings. The summed E-state index contributed by atoms with van der Waals surface area (Å²) in [7, 11) is -3.30. The maximum atomic E-state index is 12.1. The maximum absolute atomic E-state index is 12.1. The number of nitrogens with one attached hydrogen (secondary N) is 1. The van der Waals surface area contributed by atoms with Crippen molar-refractivity contribution in [3.8, 4) is 0 Å². The molecule has 178 valence electrons. The second-order valence-corrected chi connectivity index (χ2v) is 12.2. The number of thioether (sulfide) groups is 1. The summed E-state index contributed by atoms with van der Waals surface area (Å²) < 4.78 is 29.7. The summed E-state index contributed by atoms with van der Waals surface area (Å²) in [5, 5.41) is 0.645. The Labute approximate surface area is 211 Å². The minimum absolute atomic E-state index is 0.0578. The quantitative estimate of drug-likeness (QED) is 0.173. The van der Waals surface area contributed by atoms with Crippen molar-refractivity contribution in [3.05, 3.63) is 39.1 Å². The van der Waals surface area contributed by atoms with E-state index in [0.717, 1.165) is 20.5 Å². The average molecular weight is 603 g/mol. The summed E-state index contributed by atoms with van der Waals surface area (Å²) in [6.07, 6.45) is 6.85. The summed E-state index contributed by atoms with van der Waals surface area (Å²) in [5.41, 5.74) is 8.08. The van der Waals surface area contributed by atoms with Gasteiger partial charge in [-0.3, -0.25) is 4.79 Å². The van der Waals surface area contributed by atoms with Crippen LogP contribution in [0.3, 0.4) is 0 Å². The van der Waals surface area contributed by atoms with E-state index in [1.54, 1.807) is 6.08 Å². The van der Waals surface area contributed by atoms with E-state index in [2.05, 4.69) is 48.8 Å². The number of aromatic nitrogens is 4. The van der Waals surface area contributed by atoms with Crippen LogP contribution in [0.4, 0.5) is 5.82 Å². The van der Waals surface area contributed by atoms with Gasteiger partial charge in [0.2, 0.25) is 10.0 Å². The molecule has 0 saturated carbocycles. The molecule has 9 nitrogen and oxygen atoms in total. The number of carbonyl (C=O) groups excluding carboxylic acids is 1. The number of sulfonamides is 1. The van der Waals surface area contributed by atoms with E-state index in [4.69, 9.17) is 5.73 Å². The molecule has 0 radical (unpaired) electrons. The largest absolute Gasteiger partial charge is 0.382 e. The van der Waals surface area contributed by atoms with E-state index in [-0.39, 0.29) is 23.3 Å². The van der Waals surface area contributed by atoms with Crippen LogP contribution in [0.25, 0.3) is 11.2 Å². The van der Waals surface area contributed by atoms with Crippen LogP contribution in [0.2, 0.25) is 0 Å². The molecular formula is C21H27IN6O3S2. The first-order valence-corrected chi connectivity index (χ1v) is 14.0. The Morgan fingerprint density at radius 2 is 2.15 bits per heavy atom. The van der Waals surface area contributed by atoms with Gasteiger partial charge in [0.1, 0.15) is 6.33 Å². The Kier molecular flexibility index (Phi) is 8.70. The molecule has 1 aliphatic carbocycles. The van der Waals surface area contributed by atoms with Crippen LogP contribution < -0.4 is 10.5 Å². The zero-order valence-corrected chi connectivity index (χ0v) is 22.3. The van der Waals surface area contributed by atoms with Gasteiger partial charge in [-0.05, 0) is 59.1 Å². The van der Waals surface area contributed by atoms with E-state index in [9.17, 15) is 13.2 Å². The Hall–Kier alpha value is -1.77. The van der Waals surface area contributed by atoms with E-state index in [1.165, 1.54) is 18.1 Å². The number of nitrogens with zero attached hydrogens (tertiary/aromatic N) is 4. The molecule has 0 fully saturated rings. The standard InChI is InChI=1S/C21H27IN6O3S2/c1-13(2)11-33(30,31)26-7-4-8-28-20-18(19(23)24-12-25-20)27-21(28)32-14(3)17(22)10-15-5-6-16(29)9-15/h9-10,12-13,26H,3-8,11H2,1-2H3,(H2,23,24,25)/b17-10+. The van der Waals surface area contributed by atoms with Gasteiger partial charge in [0.25, 0.3) is 0 Å². The van der Waals surface area contributed by atoms with E-state index in [0.29, 0.717) is 42.3 Å². The Balaban J connectivity index is 1.76. The highest BCUT2D eigenvalue weighted by Crippen LogP contribution is 2.36. The monoisotopic (exact) mass is 602 g/mol. The lowest BCUT2D eigenvalue weighted by Gasteiger charge is -2.11. The number of nitrogens with two attached hydrogens (primary N) is 1. The topological polar surface area (TPSA) is 133 Å². The molecule has 0 atom stereocenters. The molecule has 0 aromatic carbocycles. The fraction of sp³-hybridized carbons (Fsp3) is 0.429. The van der Waals surface area contributed by atoms with Crippen LogP contribution in [0.15, 0.2) is 44.3 Å². The van der Waals surface area contributed by atoms with E-state index >= 15 is 0 Å². The van der Waals surface area contributed by atoms with Gasteiger partial charge in [0.15, 0.2) is 27.9 Å². The number of rotatable bonds is 11. The SMILES string of the molecule is C=C(Sc1nc2c(N)ncnc2n1CCCNS(=O)(=O)CC(C)C)/C(I)=C\C1=CC(=O)CC1. The fourth-order valence-electron chi connectivity index (χ4n) is 3.31. The second kappa shape index (κ2) is 11.1. The molecule has 12 heteroatoms. The van der Waals surface area contributed by atoms with Gasteiger partial charge in [-0.15, -0.1) is 0 Å². The fourth-order valence-corrected chi connectivity index (χ4v) is 6.29. The van der Waals surface area contributed by atoms with Crippen molar-refractivity contribution in [2.75, 3.05) is 18.0 Å². The lowest BCUT2D eigenvalue weighted by atomic mass is 10.2. The average Bonchev–Trinajstić information content (AvgIpc) is 3.28. The Morgan fingerprint density at radius 3 is 2.82 bits per heavy atom. The zero-order chi connectivity index (χ0) is 24.2. The lowest BCUT2D eigenvalue weighted by Crippen LogP contribution is -2.29. The molecule has 0 spiro atoms. The number of hydrogen-bond acceptors (Lipinski definition) is 8. The highest BCUT2D eigenvalue weighted by Gasteiger charge is 2.18. The lowest BCUT2D eigenvalue weighted by molar-refractivity contribution is -0.114. The zero-order valence-electron chi connectivity index (χ0n) is 18.5.